The molecule has 0 aliphatic carbocycles. The molecule has 1 heterocycles. The standard InChI is InChI=1S/C12H14BrClN4/c1-2-5-18-11(7-16-17-18)12(15)8-3-4-9(13)10(14)6-8/h3-4,6-7,12H,2,5,15H2,1H3. The second-order valence-corrected chi connectivity index (χ2v) is 5.29. The van der Waals surface area contributed by atoms with Crippen LogP contribution in [0.4, 0.5) is 0 Å². The number of hydrogen-bond acceptors (Lipinski definition) is 3. The average Bonchev–Trinajstić information content (AvgIpc) is 2.80. The van der Waals surface area contributed by atoms with Gasteiger partial charge < -0.3 is 5.73 Å². The third-order valence-electron chi connectivity index (χ3n) is 2.70. The molecule has 1 aromatic heterocycles. The summed E-state index contributed by atoms with van der Waals surface area (Å²) in [5.41, 5.74) is 8.08. The van der Waals surface area contributed by atoms with E-state index in [4.69, 9.17) is 17.3 Å². The Morgan fingerprint density at radius 2 is 2.28 bits per heavy atom. The molecule has 2 rings (SSSR count). The molecule has 1 aromatic carbocycles. The van der Waals surface area contributed by atoms with Gasteiger partial charge in [0.05, 0.1) is 23.0 Å². The van der Waals surface area contributed by atoms with E-state index >= 15 is 0 Å². The molecule has 1 unspecified atom stereocenters. The number of nitrogens with two attached hydrogens (primary N) is 1. The first-order valence-electron chi connectivity index (χ1n) is 5.72. The molecular formula is C12H14BrClN4. The van der Waals surface area contributed by atoms with Crippen molar-refractivity contribution in [2.45, 2.75) is 25.9 Å². The van der Waals surface area contributed by atoms with E-state index in [1.54, 1.807) is 6.20 Å². The zero-order chi connectivity index (χ0) is 13.1. The zero-order valence-corrected chi connectivity index (χ0v) is 12.3. The Labute approximate surface area is 119 Å². The third kappa shape index (κ3) is 2.74. The van der Waals surface area contributed by atoms with E-state index in [9.17, 15) is 0 Å². The van der Waals surface area contributed by atoms with Gasteiger partial charge in [-0.05, 0) is 40.0 Å². The van der Waals surface area contributed by atoms with Crippen molar-refractivity contribution >= 4 is 27.5 Å². The molecule has 0 saturated carbocycles. The fraction of sp³-hybridized carbons (Fsp3) is 0.333. The van der Waals surface area contributed by atoms with Crippen LogP contribution in [0.3, 0.4) is 0 Å². The fourth-order valence-corrected chi connectivity index (χ4v) is 2.20. The van der Waals surface area contributed by atoms with E-state index in [-0.39, 0.29) is 6.04 Å². The number of hydrogen-bond donors (Lipinski definition) is 1. The summed E-state index contributed by atoms with van der Waals surface area (Å²) in [6.07, 6.45) is 2.69. The lowest BCUT2D eigenvalue weighted by Gasteiger charge is -2.14. The van der Waals surface area contributed by atoms with E-state index in [1.165, 1.54) is 0 Å². The summed E-state index contributed by atoms with van der Waals surface area (Å²) in [6, 6.07) is 5.44. The van der Waals surface area contributed by atoms with Gasteiger partial charge in [0, 0.05) is 11.0 Å². The maximum absolute atomic E-state index is 6.24. The van der Waals surface area contributed by atoms with Crippen LogP contribution in [-0.4, -0.2) is 15.0 Å². The smallest absolute Gasteiger partial charge is 0.0799 e. The summed E-state index contributed by atoms with van der Waals surface area (Å²) < 4.78 is 2.70. The molecule has 0 saturated heterocycles. The molecule has 96 valence electrons. The minimum atomic E-state index is -0.267. The van der Waals surface area contributed by atoms with Crippen molar-refractivity contribution in [2.24, 2.45) is 5.73 Å². The maximum atomic E-state index is 6.24. The van der Waals surface area contributed by atoms with Crippen LogP contribution in [0.25, 0.3) is 0 Å². The summed E-state index contributed by atoms with van der Waals surface area (Å²) in [4.78, 5) is 0. The van der Waals surface area contributed by atoms with E-state index in [0.717, 1.165) is 28.7 Å². The first kappa shape index (κ1) is 13.5. The van der Waals surface area contributed by atoms with Gasteiger partial charge in [-0.15, -0.1) is 5.10 Å². The molecule has 0 fully saturated rings. The molecule has 18 heavy (non-hydrogen) atoms. The molecular weight excluding hydrogens is 316 g/mol. The number of benzene rings is 1. The number of nitrogens with zero attached hydrogens (tertiary/aromatic N) is 3. The Kier molecular flexibility index (Phi) is 4.37. The molecule has 1 atom stereocenters. The summed E-state index contributed by atoms with van der Waals surface area (Å²) in [7, 11) is 0. The second-order valence-electron chi connectivity index (χ2n) is 4.03. The van der Waals surface area contributed by atoms with Crippen LogP contribution in [0.5, 0.6) is 0 Å². The van der Waals surface area contributed by atoms with E-state index in [0.29, 0.717) is 5.02 Å². The first-order chi connectivity index (χ1) is 8.63. The fourth-order valence-electron chi connectivity index (χ4n) is 1.77. The summed E-state index contributed by atoms with van der Waals surface area (Å²) in [6.45, 7) is 2.90. The lowest BCUT2D eigenvalue weighted by Crippen LogP contribution is -2.17. The minimum absolute atomic E-state index is 0.267. The molecule has 0 radical (unpaired) electrons. The Balaban J connectivity index is 2.32. The third-order valence-corrected chi connectivity index (χ3v) is 3.94. The lowest BCUT2D eigenvalue weighted by atomic mass is 10.1. The molecule has 2 aromatic rings. The van der Waals surface area contributed by atoms with E-state index in [2.05, 4.69) is 33.2 Å². The molecule has 6 heteroatoms. The highest BCUT2D eigenvalue weighted by molar-refractivity contribution is 9.10. The van der Waals surface area contributed by atoms with Gasteiger partial charge in [-0.3, -0.25) is 0 Å². The van der Waals surface area contributed by atoms with Gasteiger partial charge in [-0.25, -0.2) is 4.68 Å². The normalized spacial score (nSPS) is 12.7. The van der Waals surface area contributed by atoms with Crippen LogP contribution in [0, 0.1) is 0 Å². The largest absolute Gasteiger partial charge is 0.319 e. The number of aryl methyl sites for hydroxylation is 1. The van der Waals surface area contributed by atoms with Gasteiger partial charge in [-0.1, -0.05) is 29.8 Å². The SMILES string of the molecule is CCCn1nncc1C(N)c1ccc(Br)c(Cl)c1. The van der Waals surface area contributed by atoms with Crippen LogP contribution in [0.2, 0.25) is 5.02 Å². The van der Waals surface area contributed by atoms with Crippen LogP contribution in [-0.2, 0) is 6.54 Å². The molecule has 0 spiro atoms. The van der Waals surface area contributed by atoms with E-state index in [1.807, 2.05) is 22.9 Å². The van der Waals surface area contributed by atoms with Gasteiger partial charge >= 0.3 is 0 Å². The monoisotopic (exact) mass is 328 g/mol. The first-order valence-corrected chi connectivity index (χ1v) is 6.89. The predicted molar refractivity (Wildman–Crippen MR) is 75.5 cm³/mol. The van der Waals surface area contributed by atoms with Gasteiger partial charge in [-0.2, -0.15) is 0 Å². The van der Waals surface area contributed by atoms with E-state index < -0.39 is 0 Å². The number of rotatable bonds is 4. The Morgan fingerprint density at radius 3 is 2.94 bits per heavy atom. The minimum Gasteiger partial charge on any atom is -0.319 e. The van der Waals surface area contributed by atoms with Crippen molar-refractivity contribution in [3.05, 3.63) is 45.1 Å². The number of halogens is 2. The Morgan fingerprint density at radius 1 is 1.50 bits per heavy atom. The molecule has 0 amide bonds. The Bertz CT molecular complexity index is 541. The maximum Gasteiger partial charge on any atom is 0.0799 e. The van der Waals surface area contributed by atoms with Crippen molar-refractivity contribution in [2.75, 3.05) is 0 Å². The summed E-state index contributed by atoms with van der Waals surface area (Å²) >= 11 is 9.44. The molecule has 0 aliphatic heterocycles. The van der Waals surface area contributed by atoms with Crippen molar-refractivity contribution in [1.82, 2.24) is 15.0 Å². The van der Waals surface area contributed by atoms with Crippen LogP contribution < -0.4 is 5.73 Å². The van der Waals surface area contributed by atoms with Crippen molar-refractivity contribution < 1.29 is 0 Å². The summed E-state index contributed by atoms with van der Waals surface area (Å²) in [5, 5.41) is 8.61. The van der Waals surface area contributed by atoms with Gasteiger partial charge in [0.1, 0.15) is 0 Å². The molecule has 4 nitrogen and oxygen atoms in total. The van der Waals surface area contributed by atoms with Gasteiger partial charge in [0.15, 0.2) is 0 Å². The van der Waals surface area contributed by atoms with Crippen molar-refractivity contribution in [3.63, 3.8) is 0 Å². The highest BCUT2D eigenvalue weighted by Gasteiger charge is 2.15. The Hall–Kier alpha value is -0.910. The highest BCUT2D eigenvalue weighted by Crippen LogP contribution is 2.27. The zero-order valence-electron chi connectivity index (χ0n) is 9.98. The number of aromatic nitrogens is 3. The van der Waals surface area contributed by atoms with Gasteiger partial charge in [0.2, 0.25) is 0 Å². The predicted octanol–water partition coefficient (Wildman–Crippen LogP) is 3.15. The van der Waals surface area contributed by atoms with Crippen molar-refractivity contribution in [1.29, 1.82) is 0 Å². The van der Waals surface area contributed by atoms with Crippen molar-refractivity contribution in [3.8, 4) is 0 Å². The quantitative estimate of drug-likeness (QED) is 0.937. The molecule has 0 bridgehead atoms. The van der Waals surface area contributed by atoms with Crippen LogP contribution in [0.15, 0.2) is 28.9 Å². The molecule has 0 aliphatic rings. The average molecular weight is 330 g/mol. The second kappa shape index (κ2) is 5.82. The lowest BCUT2D eigenvalue weighted by molar-refractivity contribution is 0.543. The van der Waals surface area contributed by atoms with Crippen LogP contribution >= 0.6 is 27.5 Å². The van der Waals surface area contributed by atoms with Crippen LogP contribution in [0.1, 0.15) is 30.6 Å². The summed E-state index contributed by atoms with van der Waals surface area (Å²) in [5.74, 6) is 0. The molecule has 2 N–H and O–H groups in total. The highest BCUT2D eigenvalue weighted by atomic mass is 79.9. The van der Waals surface area contributed by atoms with Gasteiger partial charge in [0.25, 0.3) is 0 Å². The topological polar surface area (TPSA) is 56.7 Å².